The first-order chi connectivity index (χ1) is 8.22. The summed E-state index contributed by atoms with van der Waals surface area (Å²) in [4.78, 5) is 14.0. The molecule has 0 saturated carbocycles. The van der Waals surface area contributed by atoms with Crippen molar-refractivity contribution in [2.75, 3.05) is 19.0 Å². The van der Waals surface area contributed by atoms with Crippen molar-refractivity contribution in [2.45, 2.75) is 12.8 Å². The van der Waals surface area contributed by atoms with E-state index in [4.69, 9.17) is 11.6 Å². The SMILES string of the molecule is O=C(c1ccccc1O)N1CCCC(CCl)C1. The van der Waals surface area contributed by atoms with E-state index in [2.05, 4.69) is 0 Å². The Morgan fingerprint density at radius 1 is 1.47 bits per heavy atom. The fraction of sp³-hybridized carbons (Fsp3) is 0.462. The first-order valence-electron chi connectivity index (χ1n) is 5.85. The van der Waals surface area contributed by atoms with Crippen LogP contribution < -0.4 is 0 Å². The molecule has 1 atom stereocenters. The molecule has 2 rings (SSSR count). The van der Waals surface area contributed by atoms with E-state index in [0.717, 1.165) is 19.4 Å². The van der Waals surface area contributed by atoms with Crippen molar-refractivity contribution in [3.8, 4) is 5.75 Å². The van der Waals surface area contributed by atoms with Crippen molar-refractivity contribution in [1.82, 2.24) is 4.90 Å². The highest BCUT2D eigenvalue weighted by atomic mass is 35.5. The van der Waals surface area contributed by atoms with Crippen molar-refractivity contribution in [3.05, 3.63) is 29.8 Å². The van der Waals surface area contributed by atoms with Crippen molar-refractivity contribution >= 4 is 17.5 Å². The number of rotatable bonds is 2. The quantitative estimate of drug-likeness (QED) is 0.823. The summed E-state index contributed by atoms with van der Waals surface area (Å²) in [7, 11) is 0. The van der Waals surface area contributed by atoms with Crippen LogP contribution in [0.3, 0.4) is 0 Å². The van der Waals surface area contributed by atoms with Crippen LogP contribution in [0.2, 0.25) is 0 Å². The predicted octanol–water partition coefficient (Wildman–Crippen LogP) is 2.48. The number of halogens is 1. The molecule has 0 radical (unpaired) electrons. The van der Waals surface area contributed by atoms with E-state index < -0.39 is 0 Å². The maximum absolute atomic E-state index is 12.2. The number of likely N-dealkylation sites (tertiary alicyclic amines) is 1. The van der Waals surface area contributed by atoms with Gasteiger partial charge in [-0.3, -0.25) is 4.79 Å². The van der Waals surface area contributed by atoms with E-state index >= 15 is 0 Å². The summed E-state index contributed by atoms with van der Waals surface area (Å²) >= 11 is 5.84. The molecular formula is C13H16ClNO2. The zero-order chi connectivity index (χ0) is 12.3. The van der Waals surface area contributed by atoms with Gasteiger partial charge in [-0.15, -0.1) is 11.6 Å². The summed E-state index contributed by atoms with van der Waals surface area (Å²) in [5.74, 6) is 0.911. The third-order valence-electron chi connectivity index (χ3n) is 3.16. The van der Waals surface area contributed by atoms with Gasteiger partial charge in [0.25, 0.3) is 5.91 Å². The molecule has 4 heteroatoms. The standard InChI is InChI=1S/C13H16ClNO2/c14-8-10-4-3-7-15(9-10)13(17)11-5-1-2-6-12(11)16/h1-2,5-6,10,16H,3-4,7-9H2. The topological polar surface area (TPSA) is 40.5 Å². The van der Waals surface area contributed by atoms with E-state index in [9.17, 15) is 9.90 Å². The molecule has 1 aromatic carbocycles. The Morgan fingerprint density at radius 3 is 2.94 bits per heavy atom. The lowest BCUT2D eigenvalue weighted by Crippen LogP contribution is -2.40. The molecule has 1 amide bonds. The smallest absolute Gasteiger partial charge is 0.257 e. The number of carbonyl (C=O) groups excluding carboxylic acids is 1. The Labute approximate surface area is 106 Å². The third-order valence-corrected chi connectivity index (χ3v) is 3.60. The molecule has 1 fully saturated rings. The molecule has 0 bridgehead atoms. The van der Waals surface area contributed by atoms with Gasteiger partial charge in [-0.25, -0.2) is 0 Å². The molecule has 1 aromatic rings. The molecule has 3 nitrogen and oxygen atoms in total. The van der Waals surface area contributed by atoms with Gasteiger partial charge >= 0.3 is 0 Å². The van der Waals surface area contributed by atoms with Gasteiger partial charge in [0, 0.05) is 19.0 Å². The molecule has 92 valence electrons. The molecule has 0 spiro atoms. The van der Waals surface area contributed by atoms with Crippen molar-refractivity contribution < 1.29 is 9.90 Å². The fourth-order valence-corrected chi connectivity index (χ4v) is 2.45. The summed E-state index contributed by atoms with van der Waals surface area (Å²) in [5.41, 5.74) is 0.378. The summed E-state index contributed by atoms with van der Waals surface area (Å²) in [6, 6.07) is 6.66. The maximum atomic E-state index is 12.2. The largest absolute Gasteiger partial charge is 0.507 e. The number of nitrogens with zero attached hydrogens (tertiary/aromatic N) is 1. The van der Waals surface area contributed by atoms with Crippen LogP contribution in [-0.2, 0) is 0 Å². The number of phenols is 1. The average molecular weight is 254 g/mol. The molecule has 0 aliphatic carbocycles. The lowest BCUT2D eigenvalue weighted by atomic mass is 9.99. The first-order valence-corrected chi connectivity index (χ1v) is 6.39. The number of hydrogen-bond acceptors (Lipinski definition) is 2. The van der Waals surface area contributed by atoms with Gasteiger partial charge in [0.15, 0.2) is 0 Å². The van der Waals surface area contributed by atoms with Gasteiger partial charge in [-0.1, -0.05) is 12.1 Å². The van der Waals surface area contributed by atoms with Gasteiger partial charge in [0.05, 0.1) is 5.56 Å². The Bertz CT molecular complexity index is 408. The Hall–Kier alpha value is -1.22. The second-order valence-electron chi connectivity index (χ2n) is 4.43. The zero-order valence-electron chi connectivity index (χ0n) is 9.60. The van der Waals surface area contributed by atoms with Crippen molar-refractivity contribution in [2.24, 2.45) is 5.92 Å². The number of para-hydroxylation sites is 1. The van der Waals surface area contributed by atoms with Gasteiger partial charge in [-0.05, 0) is 30.9 Å². The monoisotopic (exact) mass is 253 g/mol. The van der Waals surface area contributed by atoms with Crippen LogP contribution >= 0.6 is 11.6 Å². The van der Waals surface area contributed by atoms with Gasteiger partial charge < -0.3 is 10.0 Å². The number of alkyl halides is 1. The van der Waals surface area contributed by atoms with Crippen LogP contribution in [0.5, 0.6) is 5.75 Å². The number of benzene rings is 1. The zero-order valence-corrected chi connectivity index (χ0v) is 10.4. The van der Waals surface area contributed by atoms with Crippen LogP contribution in [0, 0.1) is 5.92 Å². The van der Waals surface area contributed by atoms with Crippen LogP contribution in [0.1, 0.15) is 23.2 Å². The van der Waals surface area contributed by atoms with Gasteiger partial charge in [0.2, 0.25) is 0 Å². The Kier molecular flexibility index (Phi) is 3.89. The summed E-state index contributed by atoms with van der Waals surface area (Å²) in [6.45, 7) is 1.44. The highest BCUT2D eigenvalue weighted by molar-refractivity contribution is 6.18. The highest BCUT2D eigenvalue weighted by Crippen LogP contribution is 2.23. The number of carbonyl (C=O) groups is 1. The predicted molar refractivity (Wildman–Crippen MR) is 67.5 cm³/mol. The third kappa shape index (κ3) is 2.72. The average Bonchev–Trinajstić information content (AvgIpc) is 2.38. The van der Waals surface area contributed by atoms with Crippen LogP contribution in [0.15, 0.2) is 24.3 Å². The molecule has 1 N–H and O–H groups in total. The molecule has 0 aromatic heterocycles. The number of amides is 1. The molecule has 1 aliphatic rings. The maximum Gasteiger partial charge on any atom is 0.257 e. The van der Waals surface area contributed by atoms with E-state index in [-0.39, 0.29) is 11.7 Å². The molecule has 17 heavy (non-hydrogen) atoms. The minimum Gasteiger partial charge on any atom is -0.507 e. The summed E-state index contributed by atoms with van der Waals surface area (Å²) < 4.78 is 0. The number of aromatic hydroxyl groups is 1. The molecule has 1 unspecified atom stereocenters. The molecule has 1 heterocycles. The van der Waals surface area contributed by atoms with Gasteiger partial charge in [0.1, 0.15) is 5.75 Å². The number of phenolic OH excluding ortho intramolecular Hbond substituents is 1. The number of hydrogen-bond donors (Lipinski definition) is 1. The summed E-state index contributed by atoms with van der Waals surface area (Å²) in [5, 5.41) is 9.66. The van der Waals surface area contributed by atoms with Crippen molar-refractivity contribution in [3.63, 3.8) is 0 Å². The molecule has 1 saturated heterocycles. The van der Waals surface area contributed by atoms with E-state index in [1.165, 1.54) is 6.07 Å². The molecule has 1 aliphatic heterocycles. The lowest BCUT2D eigenvalue weighted by molar-refractivity contribution is 0.0682. The second-order valence-corrected chi connectivity index (χ2v) is 4.74. The Balaban J connectivity index is 2.12. The van der Waals surface area contributed by atoms with E-state index in [1.807, 2.05) is 0 Å². The van der Waals surface area contributed by atoms with Crippen molar-refractivity contribution in [1.29, 1.82) is 0 Å². The first kappa shape index (κ1) is 12.2. The normalized spacial score (nSPS) is 20.3. The van der Waals surface area contributed by atoms with Crippen LogP contribution in [0.25, 0.3) is 0 Å². The second kappa shape index (κ2) is 5.41. The minimum absolute atomic E-state index is 0.0468. The lowest BCUT2D eigenvalue weighted by Gasteiger charge is -2.32. The Morgan fingerprint density at radius 2 is 2.24 bits per heavy atom. The minimum atomic E-state index is -0.0992. The van der Waals surface area contributed by atoms with E-state index in [0.29, 0.717) is 23.9 Å². The summed E-state index contributed by atoms with van der Waals surface area (Å²) in [6.07, 6.45) is 2.06. The highest BCUT2D eigenvalue weighted by Gasteiger charge is 2.25. The van der Waals surface area contributed by atoms with Gasteiger partial charge in [-0.2, -0.15) is 0 Å². The van der Waals surface area contributed by atoms with Crippen LogP contribution in [0.4, 0.5) is 0 Å². The van der Waals surface area contributed by atoms with Crippen LogP contribution in [-0.4, -0.2) is 34.9 Å². The van der Waals surface area contributed by atoms with E-state index in [1.54, 1.807) is 23.1 Å². The fourth-order valence-electron chi connectivity index (χ4n) is 2.20. The number of piperidine rings is 1. The molecular weight excluding hydrogens is 238 g/mol.